The first-order chi connectivity index (χ1) is 14.8. The van der Waals surface area contributed by atoms with Crippen LogP contribution >= 0.6 is 0 Å². The van der Waals surface area contributed by atoms with Gasteiger partial charge in [-0.1, -0.05) is 30.3 Å². The van der Waals surface area contributed by atoms with Crippen LogP contribution in [-0.4, -0.2) is 54.7 Å². The van der Waals surface area contributed by atoms with Crippen LogP contribution in [0.1, 0.15) is 48.6 Å². The number of fused-ring (bicyclic) bond motifs is 1. The minimum Gasteiger partial charge on any atom is -0.497 e. The second-order valence-corrected chi connectivity index (χ2v) is 9.01. The molecule has 1 N–H and O–H groups in total. The monoisotopic (exact) mass is 403 g/mol. The summed E-state index contributed by atoms with van der Waals surface area (Å²) in [5.41, 5.74) is 4.24. The number of rotatable bonds is 5. The van der Waals surface area contributed by atoms with Gasteiger partial charge in [-0.3, -0.25) is 9.80 Å². The predicted molar refractivity (Wildman–Crippen MR) is 123 cm³/mol. The smallest absolute Gasteiger partial charge is 0.118 e. The van der Waals surface area contributed by atoms with E-state index < -0.39 is 0 Å². The van der Waals surface area contributed by atoms with Gasteiger partial charge in [-0.25, -0.2) is 0 Å². The van der Waals surface area contributed by atoms with Crippen LogP contribution in [0.2, 0.25) is 0 Å². The molecule has 0 amide bonds. The fraction of sp³-hybridized carbons (Fsp3) is 0.462. The van der Waals surface area contributed by atoms with Gasteiger partial charge in [0.2, 0.25) is 0 Å². The second kappa shape index (κ2) is 8.83. The number of para-hydroxylation sites is 1. The highest BCUT2D eigenvalue weighted by Crippen LogP contribution is 2.34. The molecule has 4 heteroatoms. The van der Waals surface area contributed by atoms with Crippen molar-refractivity contribution in [1.29, 1.82) is 0 Å². The molecule has 30 heavy (non-hydrogen) atoms. The zero-order valence-corrected chi connectivity index (χ0v) is 18.0. The van der Waals surface area contributed by atoms with Gasteiger partial charge in [0.25, 0.3) is 0 Å². The van der Waals surface area contributed by atoms with E-state index in [1.54, 1.807) is 7.11 Å². The van der Waals surface area contributed by atoms with Gasteiger partial charge in [-0.2, -0.15) is 0 Å². The zero-order chi connectivity index (χ0) is 20.3. The van der Waals surface area contributed by atoms with Gasteiger partial charge in [0, 0.05) is 23.6 Å². The van der Waals surface area contributed by atoms with Crippen LogP contribution in [0.4, 0.5) is 0 Å². The topological polar surface area (TPSA) is 31.5 Å². The fourth-order valence-electron chi connectivity index (χ4n) is 5.43. The third-order valence-corrected chi connectivity index (χ3v) is 7.14. The molecule has 0 aliphatic carbocycles. The van der Waals surface area contributed by atoms with E-state index in [1.807, 2.05) is 0 Å². The van der Waals surface area contributed by atoms with Crippen molar-refractivity contribution in [3.8, 4) is 5.75 Å². The lowest BCUT2D eigenvalue weighted by Crippen LogP contribution is -2.45. The van der Waals surface area contributed by atoms with E-state index in [4.69, 9.17) is 4.74 Å². The number of hydrogen-bond acceptors (Lipinski definition) is 3. The van der Waals surface area contributed by atoms with Crippen molar-refractivity contribution in [3.05, 3.63) is 65.9 Å². The molecule has 2 aliphatic heterocycles. The molecule has 5 rings (SSSR count). The molecule has 2 aliphatic rings. The molecular formula is C26H33N3O. The predicted octanol–water partition coefficient (Wildman–Crippen LogP) is 5.19. The van der Waals surface area contributed by atoms with Crippen molar-refractivity contribution in [2.75, 3.05) is 40.0 Å². The lowest BCUT2D eigenvalue weighted by atomic mass is 9.89. The van der Waals surface area contributed by atoms with E-state index in [0.29, 0.717) is 11.8 Å². The Morgan fingerprint density at radius 2 is 1.70 bits per heavy atom. The minimum atomic E-state index is 0.647. The van der Waals surface area contributed by atoms with Gasteiger partial charge < -0.3 is 9.72 Å². The van der Waals surface area contributed by atoms with Crippen molar-refractivity contribution in [1.82, 2.24) is 14.8 Å². The number of H-pyrrole nitrogens is 1. The first-order valence-corrected chi connectivity index (χ1v) is 11.4. The van der Waals surface area contributed by atoms with Crippen molar-refractivity contribution >= 4 is 10.9 Å². The van der Waals surface area contributed by atoms with Crippen molar-refractivity contribution in [2.45, 2.75) is 37.5 Å². The number of likely N-dealkylation sites (tertiary alicyclic amines) is 2. The summed E-state index contributed by atoms with van der Waals surface area (Å²) in [7, 11) is 1.74. The number of nitrogens with zero attached hydrogens (tertiary/aromatic N) is 2. The van der Waals surface area contributed by atoms with Crippen molar-refractivity contribution < 1.29 is 4.74 Å². The summed E-state index contributed by atoms with van der Waals surface area (Å²) in [6.07, 6.45) is 7.36. The highest BCUT2D eigenvalue weighted by Gasteiger charge is 2.26. The van der Waals surface area contributed by atoms with Gasteiger partial charge in [-0.15, -0.1) is 0 Å². The van der Waals surface area contributed by atoms with Crippen LogP contribution in [0.5, 0.6) is 5.75 Å². The molecule has 0 spiro atoms. The minimum absolute atomic E-state index is 0.647. The summed E-state index contributed by atoms with van der Waals surface area (Å²) in [5.74, 6) is 2.28. The van der Waals surface area contributed by atoms with Crippen molar-refractivity contribution in [2.24, 2.45) is 0 Å². The van der Waals surface area contributed by atoms with Crippen molar-refractivity contribution in [3.63, 3.8) is 0 Å². The summed E-state index contributed by atoms with van der Waals surface area (Å²) in [6.45, 7) is 5.93. The number of hydrogen-bond donors (Lipinski definition) is 1. The summed E-state index contributed by atoms with van der Waals surface area (Å²) >= 11 is 0. The summed E-state index contributed by atoms with van der Waals surface area (Å²) in [5, 5.41) is 1.41. The van der Waals surface area contributed by atoms with E-state index in [1.165, 1.54) is 73.9 Å². The molecule has 0 saturated carbocycles. The summed E-state index contributed by atoms with van der Waals surface area (Å²) in [4.78, 5) is 8.80. The molecule has 2 fully saturated rings. The Labute approximate surface area is 179 Å². The fourth-order valence-corrected chi connectivity index (χ4v) is 5.43. The quantitative estimate of drug-likeness (QED) is 0.636. The first kappa shape index (κ1) is 19.7. The Balaban J connectivity index is 1.16. The number of ether oxygens (including phenoxy) is 1. The van der Waals surface area contributed by atoms with Gasteiger partial charge in [0.05, 0.1) is 13.8 Å². The molecule has 0 bridgehead atoms. The standard InChI is InChI=1S/C26H33N3O/c1-30-23-10-8-20(9-11-23)22-5-4-14-29(18-22)19-28-15-12-21(13-16-28)25-17-27-26-7-3-2-6-24(25)26/h2-3,6-11,17,21-22,27H,4-5,12-16,18-19H2,1H3. The largest absolute Gasteiger partial charge is 0.497 e. The average molecular weight is 404 g/mol. The zero-order valence-electron chi connectivity index (χ0n) is 18.0. The molecule has 1 aromatic heterocycles. The molecule has 3 aromatic rings. The highest BCUT2D eigenvalue weighted by atomic mass is 16.5. The molecule has 3 heterocycles. The van der Waals surface area contributed by atoms with E-state index in [2.05, 4.69) is 69.5 Å². The lowest BCUT2D eigenvalue weighted by Gasteiger charge is -2.39. The number of aromatic amines is 1. The molecule has 1 atom stereocenters. The highest BCUT2D eigenvalue weighted by molar-refractivity contribution is 5.83. The van der Waals surface area contributed by atoms with E-state index >= 15 is 0 Å². The van der Waals surface area contributed by atoms with Gasteiger partial charge in [0.1, 0.15) is 5.75 Å². The summed E-state index contributed by atoms with van der Waals surface area (Å²) < 4.78 is 5.32. The molecule has 0 radical (unpaired) electrons. The maximum absolute atomic E-state index is 5.32. The number of methoxy groups -OCH3 is 1. The van der Waals surface area contributed by atoms with Gasteiger partial charge >= 0.3 is 0 Å². The van der Waals surface area contributed by atoms with Gasteiger partial charge in [0.15, 0.2) is 0 Å². The van der Waals surface area contributed by atoms with E-state index in [-0.39, 0.29) is 0 Å². The van der Waals surface area contributed by atoms with Crippen LogP contribution in [0, 0.1) is 0 Å². The van der Waals surface area contributed by atoms with Crippen LogP contribution in [-0.2, 0) is 0 Å². The first-order valence-electron chi connectivity index (χ1n) is 11.4. The van der Waals surface area contributed by atoms with E-state index in [9.17, 15) is 0 Å². The third kappa shape index (κ3) is 4.12. The number of piperidine rings is 2. The van der Waals surface area contributed by atoms with Crippen LogP contribution in [0.3, 0.4) is 0 Å². The maximum Gasteiger partial charge on any atom is 0.118 e. The van der Waals surface area contributed by atoms with Gasteiger partial charge in [-0.05, 0) is 86.5 Å². The molecule has 1 unspecified atom stereocenters. The Hall–Kier alpha value is -2.30. The maximum atomic E-state index is 5.32. The Morgan fingerprint density at radius 1 is 0.900 bits per heavy atom. The lowest BCUT2D eigenvalue weighted by molar-refractivity contribution is 0.0858. The number of nitrogens with one attached hydrogen (secondary N) is 1. The number of benzene rings is 2. The molecule has 2 aromatic carbocycles. The summed E-state index contributed by atoms with van der Waals surface area (Å²) in [6, 6.07) is 17.4. The number of aromatic nitrogens is 1. The van der Waals surface area contributed by atoms with E-state index in [0.717, 1.165) is 12.4 Å². The van der Waals surface area contributed by atoms with Crippen LogP contribution in [0.15, 0.2) is 54.7 Å². The third-order valence-electron chi connectivity index (χ3n) is 7.14. The van der Waals surface area contributed by atoms with Crippen LogP contribution < -0.4 is 4.74 Å². The second-order valence-electron chi connectivity index (χ2n) is 9.01. The SMILES string of the molecule is COc1ccc(C2CCCN(CN3CCC(c4c[nH]c5ccccc45)CC3)C2)cc1. The Morgan fingerprint density at radius 3 is 2.50 bits per heavy atom. The normalized spacial score (nSPS) is 21.8. The molecular weight excluding hydrogens is 370 g/mol. The Bertz CT molecular complexity index is 956. The molecule has 4 nitrogen and oxygen atoms in total. The van der Waals surface area contributed by atoms with Crippen LogP contribution in [0.25, 0.3) is 10.9 Å². The molecule has 2 saturated heterocycles. The average Bonchev–Trinajstić information content (AvgIpc) is 3.24. The Kier molecular flexibility index (Phi) is 5.78. The molecule has 158 valence electrons.